The van der Waals surface area contributed by atoms with Crippen LogP contribution >= 0.6 is 23.5 Å². The van der Waals surface area contributed by atoms with E-state index in [2.05, 4.69) is 18.1 Å². The van der Waals surface area contributed by atoms with Crippen molar-refractivity contribution in [2.45, 2.75) is 31.0 Å². The lowest BCUT2D eigenvalue weighted by Crippen LogP contribution is -2.46. The molecule has 20 heteroatoms. The van der Waals surface area contributed by atoms with Crippen LogP contribution in [0.5, 0.6) is 0 Å². The minimum absolute atomic E-state index is 0.126. The van der Waals surface area contributed by atoms with Crippen molar-refractivity contribution in [1.82, 2.24) is 9.55 Å². The summed E-state index contributed by atoms with van der Waals surface area (Å²) in [7, 11) is -16.8. The molecule has 0 saturated carbocycles. The molecule has 0 radical (unpaired) electrons. The first-order valence-electron chi connectivity index (χ1n) is 7.62. The molecule has 1 fully saturated rings. The van der Waals surface area contributed by atoms with E-state index >= 15 is 0 Å². The molecule has 2 rings (SSSR count). The number of nitrogens with two attached hydrogens (primary N) is 1. The van der Waals surface area contributed by atoms with Crippen LogP contribution in [0, 0.1) is 0 Å². The van der Waals surface area contributed by atoms with E-state index in [1.807, 2.05) is 0 Å². The topological polar surface area (TPSA) is 270 Å². The summed E-state index contributed by atoms with van der Waals surface area (Å²) in [4.78, 5) is 50.8. The highest BCUT2D eigenvalue weighted by molar-refractivity contribution is 7.66. The highest BCUT2D eigenvalue weighted by Gasteiger charge is 2.54. The van der Waals surface area contributed by atoms with Gasteiger partial charge < -0.3 is 40.3 Å². The number of ether oxygens (including phenoxy) is 1. The quantitative estimate of drug-likeness (QED) is 0.195. The van der Waals surface area contributed by atoms with E-state index in [-0.39, 0.29) is 5.82 Å². The van der Waals surface area contributed by atoms with Crippen LogP contribution in [-0.4, -0.2) is 63.8 Å². The second-order valence-electron chi connectivity index (χ2n) is 6.13. The van der Waals surface area contributed by atoms with Crippen molar-refractivity contribution in [2.24, 2.45) is 0 Å². The van der Waals surface area contributed by atoms with Gasteiger partial charge in [-0.25, -0.2) is 18.5 Å². The number of aromatic nitrogens is 2. The third kappa shape index (κ3) is 6.24. The van der Waals surface area contributed by atoms with Crippen molar-refractivity contribution in [2.75, 3.05) is 12.3 Å². The Morgan fingerprint density at radius 3 is 2.37 bits per heavy atom. The maximum Gasteiger partial charge on any atom is 0.490 e. The maximum absolute atomic E-state index is 11.9. The molecular formula is C10H18N3O14P3. The highest BCUT2D eigenvalue weighted by Crippen LogP contribution is 2.66. The SMILES string of the molecule is C[C@@]1(O)C(O)[C@@H](COP(=O)(O)OP(=O)(O)OP(=O)(O)O)OC1n1ccc(N)nc1=O. The van der Waals surface area contributed by atoms with Crippen LogP contribution in [0.15, 0.2) is 17.1 Å². The van der Waals surface area contributed by atoms with E-state index < -0.39 is 59.8 Å². The molecule has 172 valence electrons. The predicted molar refractivity (Wildman–Crippen MR) is 93.3 cm³/mol. The molecule has 0 aliphatic carbocycles. The van der Waals surface area contributed by atoms with E-state index in [4.69, 9.17) is 25.2 Å². The Hall–Kier alpha value is -1.03. The standard InChI is InChI=1S/C10H18N3O14P3/c1-10(16)7(14)5(25-8(10)13-3-2-6(11)12-9(13)15)4-24-29(20,21)27-30(22,23)26-28(17,18)19/h2-3,5,7-8,14,16H,4H2,1H3,(H,20,21)(H,22,23)(H2,11,12,15)(H2,17,18,19)/t5-,7?,8?,10-/m1/s1. The van der Waals surface area contributed by atoms with Gasteiger partial charge in [-0.3, -0.25) is 9.09 Å². The van der Waals surface area contributed by atoms with Crippen LogP contribution < -0.4 is 11.4 Å². The average molecular weight is 497 g/mol. The van der Waals surface area contributed by atoms with Crippen molar-refractivity contribution in [1.29, 1.82) is 0 Å². The summed E-state index contributed by atoms with van der Waals surface area (Å²) in [6, 6.07) is 1.20. The van der Waals surface area contributed by atoms with Crippen LogP contribution in [0.1, 0.15) is 13.2 Å². The fraction of sp³-hybridized carbons (Fsp3) is 0.600. The Kier molecular flexibility index (Phi) is 7.14. The number of aliphatic hydroxyl groups is 2. The van der Waals surface area contributed by atoms with Gasteiger partial charge in [0.2, 0.25) is 0 Å². The molecule has 0 amide bonds. The lowest BCUT2D eigenvalue weighted by Gasteiger charge is -2.27. The van der Waals surface area contributed by atoms with E-state index in [0.717, 1.165) is 17.7 Å². The minimum atomic E-state index is -5.73. The number of aliphatic hydroxyl groups excluding tert-OH is 1. The maximum atomic E-state index is 11.9. The van der Waals surface area contributed by atoms with Gasteiger partial charge in [0, 0.05) is 6.20 Å². The van der Waals surface area contributed by atoms with E-state index in [1.54, 1.807) is 0 Å². The molecule has 0 spiro atoms. The molecule has 1 saturated heterocycles. The second kappa shape index (κ2) is 8.48. The number of hydrogen-bond acceptors (Lipinski definition) is 12. The first kappa shape index (κ1) is 25.2. The predicted octanol–water partition coefficient (Wildman–Crippen LogP) is -1.82. The fourth-order valence-electron chi connectivity index (χ4n) is 2.45. The molecule has 1 aliphatic heterocycles. The zero-order valence-electron chi connectivity index (χ0n) is 14.9. The Labute approximate surface area is 167 Å². The van der Waals surface area contributed by atoms with Gasteiger partial charge in [-0.05, 0) is 13.0 Å². The van der Waals surface area contributed by atoms with Gasteiger partial charge in [0.25, 0.3) is 0 Å². The average Bonchev–Trinajstić information content (AvgIpc) is 2.73. The third-order valence-electron chi connectivity index (χ3n) is 3.68. The van der Waals surface area contributed by atoms with Crippen LogP contribution in [0.4, 0.5) is 5.82 Å². The first-order valence-corrected chi connectivity index (χ1v) is 12.1. The lowest BCUT2D eigenvalue weighted by atomic mass is 9.96. The van der Waals surface area contributed by atoms with Gasteiger partial charge >= 0.3 is 29.2 Å². The van der Waals surface area contributed by atoms with E-state index in [1.165, 1.54) is 6.07 Å². The molecule has 4 unspecified atom stereocenters. The Morgan fingerprint density at radius 1 is 1.23 bits per heavy atom. The molecule has 1 aliphatic rings. The van der Waals surface area contributed by atoms with Crippen molar-refractivity contribution in [3.8, 4) is 0 Å². The van der Waals surface area contributed by atoms with Crippen molar-refractivity contribution in [3.05, 3.63) is 22.7 Å². The molecule has 30 heavy (non-hydrogen) atoms. The summed E-state index contributed by atoms with van der Waals surface area (Å²) in [5, 5.41) is 20.7. The zero-order chi connectivity index (χ0) is 23.1. The number of nitrogens with zero attached hydrogens (tertiary/aromatic N) is 2. The number of phosphoric ester groups is 1. The molecule has 1 aromatic rings. The largest absolute Gasteiger partial charge is 0.490 e. The normalized spacial score (nSPS) is 31.2. The third-order valence-corrected chi connectivity index (χ3v) is 7.48. The lowest BCUT2D eigenvalue weighted by molar-refractivity contribution is -0.0985. The molecular weight excluding hydrogens is 479 g/mol. The van der Waals surface area contributed by atoms with Crippen LogP contribution in [-0.2, 0) is 31.6 Å². The van der Waals surface area contributed by atoms with Crippen molar-refractivity contribution < 1.29 is 61.4 Å². The number of hydrogen-bond donors (Lipinski definition) is 7. The highest BCUT2D eigenvalue weighted by atomic mass is 31.3. The van der Waals surface area contributed by atoms with Gasteiger partial charge in [0.15, 0.2) is 6.23 Å². The van der Waals surface area contributed by atoms with E-state index in [0.29, 0.717) is 0 Å². The molecule has 6 atom stereocenters. The summed E-state index contributed by atoms with van der Waals surface area (Å²) in [5.41, 5.74) is 2.28. The number of nitrogen functional groups attached to an aromatic ring is 1. The summed E-state index contributed by atoms with van der Waals surface area (Å²) >= 11 is 0. The Morgan fingerprint density at radius 2 is 1.83 bits per heavy atom. The Balaban J connectivity index is 2.12. The molecule has 2 heterocycles. The molecule has 0 bridgehead atoms. The van der Waals surface area contributed by atoms with Crippen LogP contribution in [0.3, 0.4) is 0 Å². The van der Waals surface area contributed by atoms with Gasteiger partial charge in [0.1, 0.15) is 23.6 Å². The molecule has 1 aromatic heterocycles. The number of rotatable bonds is 8. The summed E-state index contributed by atoms with van der Waals surface area (Å²) < 4.78 is 51.1. The molecule has 17 nitrogen and oxygen atoms in total. The van der Waals surface area contributed by atoms with Gasteiger partial charge in [-0.2, -0.15) is 13.6 Å². The van der Waals surface area contributed by atoms with Crippen molar-refractivity contribution in [3.63, 3.8) is 0 Å². The fourth-order valence-corrected chi connectivity index (χ4v) is 5.48. The zero-order valence-corrected chi connectivity index (χ0v) is 17.5. The van der Waals surface area contributed by atoms with Gasteiger partial charge in [-0.1, -0.05) is 0 Å². The Bertz CT molecular complexity index is 990. The number of phosphoric acid groups is 3. The number of anilines is 1. The smallest absolute Gasteiger partial charge is 0.387 e. The van der Waals surface area contributed by atoms with E-state index in [9.17, 15) is 33.6 Å². The van der Waals surface area contributed by atoms with Crippen LogP contribution in [0.2, 0.25) is 0 Å². The summed E-state index contributed by atoms with van der Waals surface area (Å²) in [6.07, 6.45) is -3.80. The second-order valence-corrected chi connectivity index (χ2v) is 10.5. The van der Waals surface area contributed by atoms with Gasteiger partial charge in [0.05, 0.1) is 6.61 Å². The summed E-state index contributed by atoms with van der Waals surface area (Å²) in [5.74, 6) is -0.126. The van der Waals surface area contributed by atoms with Gasteiger partial charge in [-0.15, -0.1) is 0 Å². The van der Waals surface area contributed by atoms with Crippen LogP contribution in [0.25, 0.3) is 0 Å². The van der Waals surface area contributed by atoms with Crippen molar-refractivity contribution >= 4 is 29.3 Å². The first-order chi connectivity index (χ1) is 13.4. The molecule has 8 N–H and O–H groups in total. The monoisotopic (exact) mass is 497 g/mol. The summed E-state index contributed by atoms with van der Waals surface area (Å²) in [6.45, 7) is 0.0462. The molecule has 0 aromatic carbocycles. The minimum Gasteiger partial charge on any atom is -0.387 e.